The number of benzene rings is 2. The predicted molar refractivity (Wildman–Crippen MR) is 112 cm³/mol. The molecular formula is C23H17BrN2O3. The van der Waals surface area contributed by atoms with Gasteiger partial charge in [-0.2, -0.15) is 5.01 Å². The van der Waals surface area contributed by atoms with Gasteiger partial charge < -0.3 is 0 Å². The highest BCUT2D eigenvalue weighted by Crippen LogP contribution is 2.35. The van der Waals surface area contributed by atoms with Crippen molar-refractivity contribution >= 4 is 39.4 Å². The average Bonchev–Trinajstić information content (AvgIpc) is 3.11. The van der Waals surface area contributed by atoms with Gasteiger partial charge in [0, 0.05) is 34.9 Å². The van der Waals surface area contributed by atoms with Gasteiger partial charge in [-0.05, 0) is 35.7 Å². The molecule has 4 rings (SSSR count). The lowest BCUT2D eigenvalue weighted by molar-refractivity contribution is -0.162. The highest BCUT2D eigenvalue weighted by atomic mass is 79.9. The van der Waals surface area contributed by atoms with E-state index in [-0.39, 0.29) is 24.1 Å². The minimum absolute atomic E-state index is 0.203. The molecule has 2 heterocycles. The lowest BCUT2D eigenvalue weighted by Gasteiger charge is -2.33. The summed E-state index contributed by atoms with van der Waals surface area (Å²) in [5, 5.41) is 3.33. The second kappa shape index (κ2) is 8.08. The molecule has 0 spiro atoms. The van der Waals surface area contributed by atoms with Crippen molar-refractivity contribution in [2.75, 3.05) is 0 Å². The van der Waals surface area contributed by atoms with Crippen molar-refractivity contribution < 1.29 is 14.4 Å². The Bertz CT molecular complexity index is 1090. The average molecular weight is 449 g/mol. The van der Waals surface area contributed by atoms with Crippen LogP contribution in [0.15, 0.2) is 42.5 Å². The van der Waals surface area contributed by atoms with Gasteiger partial charge in [0.25, 0.3) is 0 Å². The molecule has 0 bridgehead atoms. The van der Waals surface area contributed by atoms with E-state index < -0.39 is 0 Å². The molecule has 0 saturated carbocycles. The van der Waals surface area contributed by atoms with Crippen molar-refractivity contribution in [2.45, 2.75) is 31.1 Å². The molecule has 2 aromatic rings. The highest BCUT2D eigenvalue weighted by Gasteiger charge is 2.38. The summed E-state index contributed by atoms with van der Waals surface area (Å²) in [6.07, 6.45) is 1.13. The summed E-state index contributed by atoms with van der Waals surface area (Å²) < 4.78 is 0. The number of rotatable bonds is 2. The molecule has 0 radical (unpaired) electrons. The molecule has 0 aromatic heterocycles. The van der Waals surface area contributed by atoms with E-state index in [9.17, 15) is 14.4 Å². The van der Waals surface area contributed by atoms with Crippen molar-refractivity contribution in [3.63, 3.8) is 0 Å². The van der Waals surface area contributed by atoms with E-state index >= 15 is 0 Å². The van der Waals surface area contributed by atoms with Gasteiger partial charge in [0.05, 0.1) is 6.54 Å². The van der Waals surface area contributed by atoms with Crippen molar-refractivity contribution in [3.8, 4) is 11.8 Å². The summed E-state index contributed by atoms with van der Waals surface area (Å²) in [7, 11) is 0. The second-order valence-corrected chi connectivity index (χ2v) is 7.43. The first kappa shape index (κ1) is 19.2. The quantitative estimate of drug-likeness (QED) is 0.305. The molecule has 2 aliphatic heterocycles. The first-order chi connectivity index (χ1) is 14.1. The number of imide groups is 1. The number of nitrogens with zero attached hydrogens (tertiary/aromatic N) is 2. The number of hydrogen-bond donors (Lipinski definition) is 0. The van der Waals surface area contributed by atoms with Crippen LogP contribution in [0.3, 0.4) is 0 Å². The minimum Gasteiger partial charge on any atom is -0.273 e. The van der Waals surface area contributed by atoms with Crippen LogP contribution in [0.25, 0.3) is 5.70 Å². The Morgan fingerprint density at radius 3 is 2.34 bits per heavy atom. The van der Waals surface area contributed by atoms with E-state index in [4.69, 9.17) is 0 Å². The van der Waals surface area contributed by atoms with Gasteiger partial charge in [-0.1, -0.05) is 52.0 Å². The van der Waals surface area contributed by atoms with Gasteiger partial charge in [0.1, 0.15) is 5.70 Å². The van der Waals surface area contributed by atoms with E-state index in [1.54, 1.807) is 6.07 Å². The number of hydrazine groups is 1. The summed E-state index contributed by atoms with van der Waals surface area (Å²) in [5.74, 6) is 7.65. The van der Waals surface area contributed by atoms with Crippen LogP contribution in [0, 0.1) is 11.8 Å². The van der Waals surface area contributed by atoms with E-state index in [1.165, 1.54) is 10.6 Å². The third-order valence-corrected chi connectivity index (χ3v) is 5.69. The van der Waals surface area contributed by atoms with Gasteiger partial charge in [0.2, 0.25) is 11.8 Å². The number of piperidine rings is 1. The van der Waals surface area contributed by atoms with Crippen LogP contribution < -0.4 is 0 Å². The predicted octanol–water partition coefficient (Wildman–Crippen LogP) is 3.42. The molecule has 0 unspecified atom stereocenters. The Morgan fingerprint density at radius 1 is 0.966 bits per heavy atom. The number of halogens is 1. The maximum absolute atomic E-state index is 12.3. The topological polar surface area (TPSA) is 57.7 Å². The summed E-state index contributed by atoms with van der Waals surface area (Å²) in [6.45, 7) is 0.241. The molecule has 144 valence electrons. The zero-order valence-corrected chi connectivity index (χ0v) is 17.2. The summed E-state index contributed by atoms with van der Waals surface area (Å²) >= 11 is 3.42. The minimum atomic E-state index is -0.290. The molecule has 29 heavy (non-hydrogen) atoms. The van der Waals surface area contributed by atoms with Gasteiger partial charge >= 0.3 is 0 Å². The fraction of sp³-hybridized carbons (Fsp3) is 0.217. The molecule has 0 atom stereocenters. The smallest absolute Gasteiger partial charge is 0.248 e. The molecule has 0 aliphatic carbocycles. The van der Waals surface area contributed by atoms with Gasteiger partial charge in [-0.3, -0.25) is 14.6 Å². The Morgan fingerprint density at radius 2 is 1.69 bits per heavy atom. The first-order valence-electron chi connectivity index (χ1n) is 9.30. The molecule has 1 fully saturated rings. The molecule has 2 aromatic carbocycles. The zero-order chi connectivity index (χ0) is 20.4. The number of alkyl halides is 1. The van der Waals surface area contributed by atoms with Crippen LogP contribution in [-0.2, 0) is 26.3 Å². The molecule has 1 saturated heterocycles. The number of carbonyl (C=O) groups excluding carboxylic acids is 3. The van der Waals surface area contributed by atoms with Crippen LogP contribution in [0.4, 0.5) is 0 Å². The van der Waals surface area contributed by atoms with E-state index in [0.29, 0.717) is 24.8 Å². The first-order valence-corrected chi connectivity index (χ1v) is 10.4. The number of carbonyl (C=O) groups is 2. The third-order valence-electron chi connectivity index (χ3n) is 5.04. The maximum Gasteiger partial charge on any atom is 0.248 e. The monoisotopic (exact) mass is 448 g/mol. The van der Waals surface area contributed by atoms with Crippen LogP contribution >= 0.6 is 15.9 Å². The number of fused-ring (bicyclic) bond motifs is 1. The Balaban J connectivity index is 1.69. The third kappa shape index (κ3) is 3.63. The zero-order valence-electron chi connectivity index (χ0n) is 15.6. The summed E-state index contributed by atoms with van der Waals surface area (Å²) in [6, 6.07) is 13.4. The normalized spacial score (nSPS) is 15.7. The van der Waals surface area contributed by atoms with Crippen LogP contribution in [0.2, 0.25) is 0 Å². The van der Waals surface area contributed by atoms with Gasteiger partial charge in [-0.15, -0.1) is 0 Å². The van der Waals surface area contributed by atoms with Crippen molar-refractivity contribution in [1.82, 2.24) is 10.0 Å². The van der Waals surface area contributed by atoms with Crippen molar-refractivity contribution in [2.24, 2.45) is 0 Å². The molecule has 2 aliphatic rings. The lowest BCUT2D eigenvalue weighted by atomic mass is 10.0. The molecule has 6 heteroatoms. The lowest BCUT2D eigenvalue weighted by Crippen LogP contribution is -2.49. The van der Waals surface area contributed by atoms with E-state index in [1.807, 2.05) is 42.3 Å². The van der Waals surface area contributed by atoms with Crippen LogP contribution in [0.1, 0.15) is 47.1 Å². The highest BCUT2D eigenvalue weighted by molar-refractivity contribution is 9.08. The van der Waals surface area contributed by atoms with Crippen molar-refractivity contribution in [1.29, 1.82) is 0 Å². The molecule has 2 amide bonds. The number of amides is 2. The Hall–Kier alpha value is -3.13. The second-order valence-electron chi connectivity index (χ2n) is 6.87. The maximum atomic E-state index is 12.3. The Labute approximate surface area is 177 Å². The SMILES string of the molecule is O=C=C1c2cccc(C#Cc3ccc(CBr)cc3)c2CN1N1C(=O)CCCC1=O. The fourth-order valence-electron chi connectivity index (χ4n) is 3.57. The van der Waals surface area contributed by atoms with Crippen LogP contribution in [-0.4, -0.2) is 27.8 Å². The van der Waals surface area contributed by atoms with Gasteiger partial charge in [0.15, 0.2) is 5.94 Å². The van der Waals surface area contributed by atoms with E-state index in [0.717, 1.165) is 27.0 Å². The molecule has 5 nitrogen and oxygen atoms in total. The standard InChI is InChI=1S/C23H17BrN2O3/c24-13-17-9-7-16(8-10-17)11-12-18-3-1-4-19-20(18)14-25(21(19)15-27)26-22(28)5-2-6-23(26)29/h1,3-4,7-10H,2,5-6,13-14H2. The molecule has 0 N–H and O–H groups in total. The summed E-state index contributed by atoms with van der Waals surface area (Å²) in [5.41, 5.74) is 4.50. The molecular weight excluding hydrogens is 432 g/mol. The largest absolute Gasteiger partial charge is 0.273 e. The number of hydrogen-bond acceptors (Lipinski definition) is 4. The Kier molecular flexibility index (Phi) is 5.35. The van der Waals surface area contributed by atoms with Gasteiger partial charge in [-0.25, -0.2) is 4.79 Å². The van der Waals surface area contributed by atoms with Crippen LogP contribution in [0.5, 0.6) is 0 Å². The summed E-state index contributed by atoms with van der Waals surface area (Å²) in [4.78, 5) is 36.4. The fourth-order valence-corrected chi connectivity index (χ4v) is 3.94. The van der Waals surface area contributed by atoms with E-state index in [2.05, 4.69) is 27.8 Å². The van der Waals surface area contributed by atoms with Crippen molar-refractivity contribution in [3.05, 3.63) is 70.3 Å².